The number of hydrogen-bond donors (Lipinski definition) is 1. The van der Waals surface area contributed by atoms with Crippen molar-refractivity contribution < 1.29 is 9.28 Å². The fraction of sp³-hybridized carbons (Fsp3) is 0.667. The average molecular weight is 332 g/mol. The van der Waals surface area contributed by atoms with E-state index in [0.717, 1.165) is 36.1 Å². The number of likely N-dealkylation sites (tertiary alicyclic amines) is 1. The summed E-state index contributed by atoms with van der Waals surface area (Å²) in [5.41, 5.74) is 2.50. The molecule has 3 heteroatoms. The first-order valence-electron chi connectivity index (χ1n) is 9.53. The van der Waals surface area contributed by atoms with E-state index in [1.54, 1.807) is 6.92 Å². The number of ketones is 1. The topological polar surface area (TPSA) is 29.1 Å². The van der Waals surface area contributed by atoms with E-state index in [4.69, 9.17) is 0 Å². The largest absolute Gasteiger partial charge is 0.379 e. The van der Waals surface area contributed by atoms with Gasteiger partial charge in [0.2, 0.25) is 0 Å². The minimum Gasteiger partial charge on any atom is -0.379 e. The quantitative estimate of drug-likeness (QED) is 0.564. The lowest BCUT2D eigenvalue weighted by atomic mass is 9.82. The number of hydrogen-bond acceptors (Lipinski definition) is 2. The Kier molecular flexibility index (Phi) is 6.45. The molecule has 3 nitrogen and oxygen atoms in total. The van der Waals surface area contributed by atoms with Gasteiger partial charge in [-0.25, -0.2) is 0 Å². The Labute approximate surface area is 148 Å². The van der Waals surface area contributed by atoms with Crippen molar-refractivity contribution in [2.45, 2.75) is 64.3 Å². The van der Waals surface area contributed by atoms with Crippen LogP contribution < -0.4 is 5.32 Å². The molecule has 1 fully saturated rings. The van der Waals surface area contributed by atoms with Crippen LogP contribution in [0.15, 0.2) is 24.3 Å². The lowest BCUT2D eigenvalue weighted by Gasteiger charge is -2.45. The Balaban J connectivity index is 2.03. The Bertz CT molecular complexity index is 523. The van der Waals surface area contributed by atoms with Crippen molar-refractivity contribution in [2.75, 3.05) is 32.5 Å². The minimum absolute atomic E-state index is 0.0661. The van der Waals surface area contributed by atoms with Gasteiger partial charge in [-0.05, 0) is 37.5 Å². The maximum Gasteiger partial charge on any atom is 0.132 e. The Hall–Kier alpha value is -1.35. The van der Waals surface area contributed by atoms with Crippen molar-refractivity contribution in [3.8, 4) is 0 Å². The molecule has 1 heterocycles. The van der Waals surface area contributed by atoms with Crippen molar-refractivity contribution in [1.82, 2.24) is 0 Å². The van der Waals surface area contributed by atoms with E-state index in [9.17, 15) is 4.79 Å². The molecule has 0 aliphatic carbocycles. The van der Waals surface area contributed by atoms with Crippen LogP contribution in [-0.2, 0) is 11.2 Å². The summed E-state index contributed by atoms with van der Waals surface area (Å²) in [5, 5.41) is 3.73. The molecule has 0 atom stereocenters. The zero-order valence-corrected chi connectivity index (χ0v) is 16.0. The highest BCUT2D eigenvalue weighted by Gasteiger charge is 2.39. The summed E-state index contributed by atoms with van der Waals surface area (Å²) in [7, 11) is 4.56. The molecule has 1 aromatic carbocycles. The summed E-state index contributed by atoms with van der Waals surface area (Å²) in [6, 6.07) is 8.86. The summed E-state index contributed by atoms with van der Waals surface area (Å²) in [5.74, 6) is 0.283. The van der Waals surface area contributed by atoms with Crippen LogP contribution in [0.1, 0.15) is 57.9 Å². The first-order valence-corrected chi connectivity index (χ1v) is 9.53. The third-order valence-corrected chi connectivity index (χ3v) is 5.41. The lowest BCUT2D eigenvalue weighted by molar-refractivity contribution is -0.896. The third-order valence-electron chi connectivity index (χ3n) is 5.41. The third kappa shape index (κ3) is 5.62. The number of quaternary nitrogens is 1. The number of rotatable bonds is 8. The number of unbranched alkanes of at least 4 members (excludes halogenated alkanes) is 2. The number of nitrogens with zero attached hydrogens (tertiary/aromatic N) is 1. The number of anilines is 1. The van der Waals surface area contributed by atoms with Crippen LogP contribution in [0.25, 0.3) is 0 Å². The van der Waals surface area contributed by atoms with Gasteiger partial charge in [0, 0.05) is 24.9 Å². The van der Waals surface area contributed by atoms with Gasteiger partial charge >= 0.3 is 0 Å². The van der Waals surface area contributed by atoms with Crippen molar-refractivity contribution in [1.29, 1.82) is 0 Å². The maximum absolute atomic E-state index is 11.8. The SMILES string of the molecule is CCCCCc1ccc(NC2(CC(C)=O)CC[N+](C)(C)CC2)cc1. The minimum atomic E-state index is -0.0661. The van der Waals surface area contributed by atoms with Gasteiger partial charge in [0.15, 0.2) is 0 Å². The van der Waals surface area contributed by atoms with E-state index >= 15 is 0 Å². The summed E-state index contributed by atoms with van der Waals surface area (Å²) < 4.78 is 1.05. The monoisotopic (exact) mass is 331 g/mol. The maximum atomic E-state index is 11.8. The molecular formula is C21H35N2O+. The van der Waals surface area contributed by atoms with Crippen LogP contribution in [-0.4, -0.2) is 43.0 Å². The zero-order chi connectivity index (χ0) is 17.6. The smallest absolute Gasteiger partial charge is 0.132 e. The number of aryl methyl sites for hydroxylation is 1. The molecule has 0 saturated carbocycles. The number of carbonyl (C=O) groups is 1. The highest BCUT2D eigenvalue weighted by molar-refractivity contribution is 5.77. The van der Waals surface area contributed by atoms with Crippen LogP contribution in [0.3, 0.4) is 0 Å². The number of nitrogens with one attached hydrogen (secondary N) is 1. The molecule has 0 bridgehead atoms. The second kappa shape index (κ2) is 8.15. The molecule has 0 radical (unpaired) electrons. The molecule has 1 aromatic rings. The van der Waals surface area contributed by atoms with Gasteiger partial charge in [-0.2, -0.15) is 0 Å². The van der Waals surface area contributed by atoms with E-state index in [-0.39, 0.29) is 11.3 Å². The van der Waals surface area contributed by atoms with E-state index in [2.05, 4.69) is 50.6 Å². The predicted molar refractivity (Wildman–Crippen MR) is 102 cm³/mol. The molecule has 1 aliphatic heterocycles. The molecule has 2 rings (SSSR count). The normalized spacial score (nSPS) is 19.0. The highest BCUT2D eigenvalue weighted by atomic mass is 16.1. The second-order valence-electron chi connectivity index (χ2n) is 8.32. The van der Waals surface area contributed by atoms with Gasteiger partial charge in [-0.15, -0.1) is 0 Å². The van der Waals surface area contributed by atoms with E-state index in [1.165, 1.54) is 31.2 Å². The van der Waals surface area contributed by atoms with Crippen molar-refractivity contribution in [3.05, 3.63) is 29.8 Å². The Morgan fingerprint density at radius 1 is 1.12 bits per heavy atom. The molecule has 0 aromatic heterocycles. The molecule has 0 unspecified atom stereocenters. The van der Waals surface area contributed by atoms with Gasteiger partial charge in [0.25, 0.3) is 0 Å². The van der Waals surface area contributed by atoms with Gasteiger partial charge < -0.3 is 9.80 Å². The first-order chi connectivity index (χ1) is 11.3. The van der Waals surface area contributed by atoms with Crippen LogP contribution >= 0.6 is 0 Å². The number of piperidine rings is 1. The second-order valence-corrected chi connectivity index (χ2v) is 8.32. The molecule has 0 spiro atoms. The summed E-state index contributed by atoms with van der Waals surface area (Å²) in [6.07, 6.45) is 7.74. The highest BCUT2D eigenvalue weighted by Crippen LogP contribution is 2.32. The van der Waals surface area contributed by atoms with Crippen molar-refractivity contribution in [2.24, 2.45) is 0 Å². The fourth-order valence-electron chi connectivity index (χ4n) is 3.73. The van der Waals surface area contributed by atoms with E-state index in [1.807, 2.05) is 0 Å². The molecule has 1 aliphatic rings. The fourth-order valence-corrected chi connectivity index (χ4v) is 3.73. The molecule has 0 amide bonds. The zero-order valence-electron chi connectivity index (χ0n) is 16.0. The summed E-state index contributed by atoms with van der Waals surface area (Å²) in [4.78, 5) is 11.8. The molecule has 134 valence electrons. The van der Waals surface area contributed by atoms with Crippen molar-refractivity contribution >= 4 is 11.5 Å². The Morgan fingerprint density at radius 3 is 2.29 bits per heavy atom. The Morgan fingerprint density at radius 2 is 1.75 bits per heavy atom. The standard InChI is InChI=1S/C21H35N2O/c1-5-6-7-8-19-9-11-20(12-10-19)22-21(17-18(2)24)13-15-23(3,4)16-14-21/h9-12,22H,5-8,13-17H2,1-4H3/q+1. The number of carbonyl (C=O) groups excluding carboxylic acids is 1. The number of benzene rings is 1. The molecule has 1 saturated heterocycles. The van der Waals surface area contributed by atoms with Crippen molar-refractivity contribution in [3.63, 3.8) is 0 Å². The van der Waals surface area contributed by atoms with Gasteiger partial charge in [0.05, 0.1) is 32.7 Å². The van der Waals surface area contributed by atoms with Crippen LogP contribution in [0.5, 0.6) is 0 Å². The van der Waals surface area contributed by atoms with Gasteiger partial charge in [-0.1, -0.05) is 31.9 Å². The molecular weight excluding hydrogens is 296 g/mol. The summed E-state index contributed by atoms with van der Waals surface area (Å²) >= 11 is 0. The first kappa shape index (κ1) is 19.0. The molecule has 1 N–H and O–H groups in total. The van der Waals surface area contributed by atoms with Crippen LogP contribution in [0.4, 0.5) is 5.69 Å². The van der Waals surface area contributed by atoms with E-state index < -0.39 is 0 Å². The number of Topliss-reactive ketones (excluding diaryl/α,β-unsaturated/α-hetero) is 1. The van der Waals surface area contributed by atoms with Gasteiger partial charge in [-0.3, -0.25) is 4.79 Å². The predicted octanol–water partition coefficient (Wildman–Crippen LogP) is 4.42. The average Bonchev–Trinajstić information content (AvgIpc) is 2.52. The lowest BCUT2D eigenvalue weighted by Crippen LogP contribution is -2.56. The molecule has 24 heavy (non-hydrogen) atoms. The van der Waals surface area contributed by atoms with Gasteiger partial charge in [0.1, 0.15) is 5.78 Å². The summed E-state index contributed by atoms with van der Waals surface area (Å²) in [6.45, 7) is 6.20. The van der Waals surface area contributed by atoms with E-state index in [0.29, 0.717) is 6.42 Å². The van der Waals surface area contributed by atoms with Crippen LogP contribution in [0, 0.1) is 0 Å². The van der Waals surface area contributed by atoms with Crippen LogP contribution in [0.2, 0.25) is 0 Å².